The highest BCUT2D eigenvalue weighted by molar-refractivity contribution is 14.1. The molecule has 0 rings (SSSR count). The molecule has 0 aliphatic carbocycles. The van der Waals surface area contributed by atoms with Crippen molar-refractivity contribution in [2.45, 2.75) is 67.9 Å². The predicted octanol–water partition coefficient (Wildman–Crippen LogP) is 4.85. The number of alkyl halides is 6. The minimum Gasteiger partial charge on any atom is -0.355 e. The normalized spacial score (nSPS) is 14.0. The summed E-state index contributed by atoms with van der Waals surface area (Å²) >= 11 is 1.50. The Morgan fingerprint density at radius 3 is 2.19 bits per heavy atom. The summed E-state index contributed by atoms with van der Waals surface area (Å²) in [5.41, 5.74) is 0. The van der Waals surface area contributed by atoms with E-state index in [4.69, 9.17) is 0 Å². The van der Waals surface area contributed by atoms with Crippen molar-refractivity contribution in [3.05, 3.63) is 0 Å². The van der Waals surface area contributed by atoms with Gasteiger partial charge in [0.05, 0.1) is 0 Å². The number of halogens is 6. The largest absolute Gasteiger partial charge is 0.453 e. The first-order valence-corrected chi connectivity index (χ1v) is 8.20. The number of amides is 1. The number of hydrogen-bond donors (Lipinski definition) is 1. The molecule has 0 aromatic rings. The Balaban J connectivity index is 3.87. The van der Waals surface area contributed by atoms with Gasteiger partial charge in [-0.2, -0.15) is 22.0 Å². The minimum absolute atomic E-state index is 0.181. The number of rotatable bonds is 10. The van der Waals surface area contributed by atoms with Crippen LogP contribution >= 0.6 is 22.6 Å². The van der Waals surface area contributed by atoms with Gasteiger partial charge < -0.3 is 5.32 Å². The Hall–Kier alpha value is -0.150. The number of hydrogen-bond acceptors (Lipinski definition) is 1. The molecule has 1 atom stereocenters. The second-order valence-electron chi connectivity index (χ2n) is 4.97. The van der Waals surface area contributed by atoms with E-state index in [0.717, 1.165) is 25.7 Å². The van der Waals surface area contributed by atoms with Crippen LogP contribution in [0.4, 0.5) is 22.0 Å². The third-order valence-corrected chi connectivity index (χ3v) is 3.80. The summed E-state index contributed by atoms with van der Waals surface area (Å²) in [6, 6.07) is 0. The van der Waals surface area contributed by atoms with Gasteiger partial charge in [0.15, 0.2) is 0 Å². The van der Waals surface area contributed by atoms with Crippen LogP contribution in [-0.4, -0.2) is 28.5 Å². The molecule has 0 aliphatic heterocycles. The van der Waals surface area contributed by atoms with Crippen molar-refractivity contribution in [3.63, 3.8) is 0 Å². The van der Waals surface area contributed by atoms with Crippen LogP contribution in [0.25, 0.3) is 0 Å². The fourth-order valence-corrected chi connectivity index (χ4v) is 2.44. The fourth-order valence-electron chi connectivity index (χ4n) is 1.67. The van der Waals surface area contributed by atoms with Crippen molar-refractivity contribution >= 4 is 28.5 Å². The zero-order valence-corrected chi connectivity index (χ0v) is 14.1. The first-order valence-electron chi connectivity index (χ1n) is 6.95. The Morgan fingerprint density at radius 2 is 1.67 bits per heavy atom. The highest BCUT2D eigenvalue weighted by Gasteiger charge is 2.57. The van der Waals surface area contributed by atoms with E-state index in [0.29, 0.717) is 6.42 Å². The molecule has 8 heteroatoms. The lowest BCUT2D eigenvalue weighted by atomic mass is 10.1. The van der Waals surface area contributed by atoms with Crippen LogP contribution in [0.3, 0.4) is 0 Å². The first kappa shape index (κ1) is 20.9. The second kappa shape index (κ2) is 9.78. The van der Waals surface area contributed by atoms with Crippen LogP contribution in [0.2, 0.25) is 0 Å². The molecule has 1 unspecified atom stereocenters. The van der Waals surface area contributed by atoms with E-state index in [9.17, 15) is 26.7 Å². The van der Waals surface area contributed by atoms with Crippen molar-refractivity contribution in [2.24, 2.45) is 0 Å². The van der Waals surface area contributed by atoms with Crippen LogP contribution in [0, 0.1) is 0 Å². The van der Waals surface area contributed by atoms with E-state index >= 15 is 0 Å². The monoisotopic (exact) mass is 429 g/mol. The molecule has 0 aromatic heterocycles. The molecule has 1 amide bonds. The number of carbonyl (C=O) groups excluding carboxylic acids is 1. The zero-order chi connectivity index (χ0) is 16.5. The van der Waals surface area contributed by atoms with Crippen LogP contribution in [0.1, 0.15) is 51.9 Å². The maximum absolute atomic E-state index is 12.8. The molecule has 0 saturated heterocycles. The molecule has 0 aliphatic rings. The molecule has 0 bridgehead atoms. The summed E-state index contributed by atoms with van der Waals surface area (Å²) in [5, 5.41) is 2.40. The number of carbonyl (C=O) groups is 1. The Morgan fingerprint density at radius 1 is 1.10 bits per heavy atom. The van der Waals surface area contributed by atoms with Gasteiger partial charge in [-0.25, -0.2) is 0 Å². The molecule has 0 fully saturated rings. The van der Waals surface area contributed by atoms with Gasteiger partial charge in [-0.3, -0.25) is 4.79 Å². The molecule has 21 heavy (non-hydrogen) atoms. The van der Waals surface area contributed by atoms with Gasteiger partial charge in [0.1, 0.15) is 0 Å². The number of nitrogens with one attached hydrogen (secondary N) is 1. The molecule has 1 N–H and O–H groups in total. The summed E-state index contributed by atoms with van der Waals surface area (Å²) in [4.78, 5) is 11.4. The molecule has 0 spiro atoms. The SMILES string of the molecule is CCCCCCCC(=O)NCC(I)CC(F)(F)C(F)(F)F. The van der Waals surface area contributed by atoms with Gasteiger partial charge in [-0.15, -0.1) is 0 Å². The van der Waals surface area contributed by atoms with Crippen LogP contribution < -0.4 is 5.32 Å². The van der Waals surface area contributed by atoms with E-state index in [2.05, 4.69) is 12.2 Å². The third-order valence-electron chi connectivity index (χ3n) is 2.92. The summed E-state index contributed by atoms with van der Waals surface area (Å²) in [6.07, 6.45) is -1.73. The summed E-state index contributed by atoms with van der Waals surface area (Å²) < 4.78 is 60.7. The van der Waals surface area contributed by atoms with E-state index < -0.39 is 22.4 Å². The molecule has 2 nitrogen and oxygen atoms in total. The number of unbranched alkanes of at least 4 members (excludes halogenated alkanes) is 4. The summed E-state index contributed by atoms with van der Waals surface area (Å²) in [5.74, 6) is -5.02. The molecule has 0 heterocycles. The van der Waals surface area contributed by atoms with Crippen molar-refractivity contribution in [1.29, 1.82) is 0 Å². The van der Waals surface area contributed by atoms with E-state index in [1.807, 2.05) is 0 Å². The minimum atomic E-state index is -5.54. The van der Waals surface area contributed by atoms with Gasteiger partial charge in [0, 0.05) is 23.3 Å². The van der Waals surface area contributed by atoms with Gasteiger partial charge in [-0.1, -0.05) is 55.2 Å². The average molecular weight is 429 g/mol. The van der Waals surface area contributed by atoms with Crippen molar-refractivity contribution < 1.29 is 26.7 Å². The first-order chi connectivity index (χ1) is 9.60. The highest BCUT2D eigenvalue weighted by Crippen LogP contribution is 2.39. The van der Waals surface area contributed by atoms with Crippen molar-refractivity contribution in [2.75, 3.05) is 6.54 Å². The van der Waals surface area contributed by atoms with E-state index in [1.165, 1.54) is 22.6 Å². The standard InChI is InChI=1S/C13H21F5INO/c1-2-3-4-5-6-7-11(21)20-9-10(19)8-12(14,15)13(16,17)18/h10H,2-9H2,1H3,(H,20,21). The van der Waals surface area contributed by atoms with Gasteiger partial charge in [0.25, 0.3) is 0 Å². The van der Waals surface area contributed by atoms with Crippen molar-refractivity contribution in [1.82, 2.24) is 5.32 Å². The smallest absolute Gasteiger partial charge is 0.355 e. The van der Waals surface area contributed by atoms with Crippen LogP contribution in [0.15, 0.2) is 0 Å². The van der Waals surface area contributed by atoms with Crippen LogP contribution in [-0.2, 0) is 4.79 Å². The maximum atomic E-state index is 12.8. The molecule has 0 aromatic carbocycles. The molecular formula is C13H21F5INO. The topological polar surface area (TPSA) is 29.1 Å². The second-order valence-corrected chi connectivity index (χ2v) is 6.73. The fraction of sp³-hybridized carbons (Fsp3) is 0.923. The molecule has 126 valence electrons. The van der Waals surface area contributed by atoms with E-state index in [-0.39, 0.29) is 18.9 Å². The van der Waals surface area contributed by atoms with E-state index in [1.54, 1.807) is 0 Å². The lowest BCUT2D eigenvalue weighted by Crippen LogP contribution is -2.41. The Bertz CT molecular complexity index is 309. The predicted molar refractivity (Wildman–Crippen MR) is 79.8 cm³/mol. The molecular weight excluding hydrogens is 408 g/mol. The summed E-state index contributed by atoms with van der Waals surface area (Å²) in [7, 11) is 0. The lowest BCUT2D eigenvalue weighted by Gasteiger charge is -2.22. The Kier molecular flexibility index (Phi) is 9.71. The van der Waals surface area contributed by atoms with Crippen molar-refractivity contribution in [3.8, 4) is 0 Å². The molecule has 0 saturated carbocycles. The Labute approximate surface area is 135 Å². The quantitative estimate of drug-likeness (QED) is 0.229. The molecule has 0 radical (unpaired) electrons. The zero-order valence-electron chi connectivity index (χ0n) is 11.9. The maximum Gasteiger partial charge on any atom is 0.453 e. The van der Waals surface area contributed by atoms with Crippen LogP contribution in [0.5, 0.6) is 0 Å². The average Bonchev–Trinajstić information content (AvgIpc) is 2.34. The summed E-state index contributed by atoms with van der Waals surface area (Å²) in [6.45, 7) is 1.89. The van der Waals surface area contributed by atoms with Gasteiger partial charge in [-0.05, 0) is 6.42 Å². The third kappa shape index (κ3) is 9.46. The lowest BCUT2D eigenvalue weighted by molar-refractivity contribution is -0.283. The highest BCUT2D eigenvalue weighted by atomic mass is 127. The van der Waals surface area contributed by atoms with Gasteiger partial charge in [0.2, 0.25) is 5.91 Å². The van der Waals surface area contributed by atoms with Gasteiger partial charge >= 0.3 is 12.1 Å².